The van der Waals surface area contributed by atoms with Gasteiger partial charge in [0.05, 0.1) is 18.0 Å². The average molecular weight is 383 g/mol. The van der Waals surface area contributed by atoms with Crippen molar-refractivity contribution in [3.8, 4) is 5.75 Å². The van der Waals surface area contributed by atoms with Gasteiger partial charge in [-0.1, -0.05) is 11.8 Å². The molecule has 1 saturated heterocycles. The van der Waals surface area contributed by atoms with Crippen molar-refractivity contribution in [3.05, 3.63) is 41.3 Å². The number of methoxy groups -OCH3 is 1. The lowest BCUT2D eigenvalue weighted by atomic mass is 9.97. The average Bonchev–Trinajstić information content (AvgIpc) is 2.95. The van der Waals surface area contributed by atoms with E-state index in [1.54, 1.807) is 31.4 Å². The molecule has 140 valence electrons. The van der Waals surface area contributed by atoms with E-state index in [1.807, 2.05) is 6.92 Å². The lowest BCUT2D eigenvalue weighted by molar-refractivity contribution is -0.121. The lowest BCUT2D eigenvalue weighted by Gasteiger charge is -2.19. The van der Waals surface area contributed by atoms with Crippen molar-refractivity contribution >= 4 is 29.3 Å². The van der Waals surface area contributed by atoms with Crippen molar-refractivity contribution in [3.63, 3.8) is 0 Å². The maximum atomic E-state index is 12.9. The Balaban J connectivity index is 1.58. The molecule has 0 unspecified atom stereocenters. The van der Waals surface area contributed by atoms with Crippen molar-refractivity contribution < 1.29 is 14.3 Å². The number of amides is 2. The van der Waals surface area contributed by atoms with E-state index in [2.05, 4.69) is 9.97 Å². The van der Waals surface area contributed by atoms with Crippen molar-refractivity contribution in [1.82, 2.24) is 9.97 Å². The third-order valence-electron chi connectivity index (χ3n) is 4.95. The molecule has 27 heavy (non-hydrogen) atoms. The van der Waals surface area contributed by atoms with Gasteiger partial charge in [-0.3, -0.25) is 9.59 Å². The molecule has 1 aliphatic heterocycles. The Morgan fingerprint density at radius 1 is 1.11 bits per heavy atom. The fourth-order valence-corrected chi connectivity index (χ4v) is 4.86. The predicted octanol–water partition coefficient (Wildman–Crippen LogP) is 3.10. The molecular formula is C20H21N3O3S. The van der Waals surface area contributed by atoms with Gasteiger partial charge in [0.15, 0.2) is 0 Å². The molecule has 7 heteroatoms. The molecule has 2 amide bonds. The number of anilines is 1. The van der Waals surface area contributed by atoms with E-state index < -0.39 is 5.25 Å². The first-order valence-corrected chi connectivity index (χ1v) is 9.98. The largest absolute Gasteiger partial charge is 0.497 e. The summed E-state index contributed by atoms with van der Waals surface area (Å²) in [4.78, 5) is 35.9. The summed E-state index contributed by atoms with van der Waals surface area (Å²) in [5.74, 6) is 1.05. The molecule has 2 aliphatic rings. The Morgan fingerprint density at radius 2 is 1.85 bits per heavy atom. The second-order valence-corrected chi connectivity index (χ2v) is 7.98. The van der Waals surface area contributed by atoms with Gasteiger partial charge in [0.2, 0.25) is 11.8 Å². The van der Waals surface area contributed by atoms with Gasteiger partial charge in [-0.05, 0) is 56.9 Å². The summed E-state index contributed by atoms with van der Waals surface area (Å²) < 4.78 is 5.14. The SMILES string of the molecule is COc1ccc(N2C(=O)C[C@@H](Sc3nc(C)nc4c3CCCC4)C2=O)cc1. The van der Waals surface area contributed by atoms with Crippen molar-refractivity contribution in [2.45, 2.75) is 49.3 Å². The molecule has 0 saturated carbocycles. The maximum absolute atomic E-state index is 12.9. The summed E-state index contributed by atoms with van der Waals surface area (Å²) in [7, 11) is 1.58. The van der Waals surface area contributed by atoms with E-state index >= 15 is 0 Å². The van der Waals surface area contributed by atoms with Crippen LogP contribution in [0.5, 0.6) is 5.75 Å². The number of carbonyl (C=O) groups is 2. The molecule has 0 N–H and O–H groups in total. The molecular weight excluding hydrogens is 362 g/mol. The van der Waals surface area contributed by atoms with E-state index in [-0.39, 0.29) is 18.2 Å². The van der Waals surface area contributed by atoms with Crippen LogP contribution >= 0.6 is 11.8 Å². The van der Waals surface area contributed by atoms with Gasteiger partial charge in [0.25, 0.3) is 0 Å². The third kappa shape index (κ3) is 3.43. The van der Waals surface area contributed by atoms with Crippen molar-refractivity contribution in [2.75, 3.05) is 12.0 Å². The number of aryl methyl sites for hydroxylation is 2. The van der Waals surface area contributed by atoms with Gasteiger partial charge in [-0.25, -0.2) is 14.9 Å². The number of thioether (sulfide) groups is 1. The minimum atomic E-state index is -0.445. The summed E-state index contributed by atoms with van der Waals surface area (Å²) >= 11 is 1.41. The zero-order valence-corrected chi connectivity index (χ0v) is 16.2. The Morgan fingerprint density at radius 3 is 2.59 bits per heavy atom. The molecule has 1 aromatic heterocycles. The Kier molecular flexibility index (Phi) is 4.86. The molecule has 2 heterocycles. The molecule has 1 atom stereocenters. The predicted molar refractivity (Wildman–Crippen MR) is 103 cm³/mol. The second kappa shape index (κ2) is 7.31. The summed E-state index contributed by atoms with van der Waals surface area (Å²) in [6.45, 7) is 1.88. The van der Waals surface area contributed by atoms with Crippen molar-refractivity contribution in [2.24, 2.45) is 0 Å². The molecule has 0 bridgehead atoms. The quantitative estimate of drug-likeness (QED) is 0.597. The topological polar surface area (TPSA) is 72.4 Å². The third-order valence-corrected chi connectivity index (χ3v) is 6.16. The van der Waals surface area contributed by atoms with Gasteiger partial charge in [-0.2, -0.15) is 0 Å². The lowest BCUT2D eigenvalue weighted by Crippen LogP contribution is -2.31. The van der Waals surface area contributed by atoms with Crippen LogP contribution in [-0.4, -0.2) is 34.1 Å². The highest BCUT2D eigenvalue weighted by Gasteiger charge is 2.41. The van der Waals surface area contributed by atoms with Crippen LogP contribution < -0.4 is 9.64 Å². The number of nitrogens with zero attached hydrogens (tertiary/aromatic N) is 3. The van der Waals surface area contributed by atoms with E-state index in [4.69, 9.17) is 4.74 Å². The number of benzene rings is 1. The molecule has 2 aromatic rings. The summed E-state index contributed by atoms with van der Waals surface area (Å²) in [6.07, 6.45) is 4.34. The number of fused-ring (bicyclic) bond motifs is 1. The minimum absolute atomic E-state index is 0.178. The number of carbonyl (C=O) groups excluding carboxylic acids is 2. The highest BCUT2D eigenvalue weighted by molar-refractivity contribution is 8.00. The van der Waals surface area contributed by atoms with Crippen LogP contribution in [0.15, 0.2) is 29.3 Å². The number of hydrogen-bond donors (Lipinski definition) is 0. The standard InChI is InChI=1S/C20H21N3O3S/c1-12-21-16-6-4-3-5-15(16)19(22-12)27-17-11-18(24)23(20(17)25)13-7-9-14(26-2)10-8-13/h7-10,17H,3-6,11H2,1-2H3/t17-/m1/s1. The number of aromatic nitrogens is 2. The highest BCUT2D eigenvalue weighted by atomic mass is 32.2. The monoisotopic (exact) mass is 383 g/mol. The first-order valence-electron chi connectivity index (χ1n) is 9.10. The van der Waals surface area contributed by atoms with E-state index in [0.717, 1.165) is 47.8 Å². The molecule has 1 aromatic carbocycles. The van der Waals surface area contributed by atoms with Gasteiger partial charge in [0, 0.05) is 17.7 Å². The van der Waals surface area contributed by atoms with E-state index in [1.165, 1.54) is 16.7 Å². The van der Waals surface area contributed by atoms with Crippen LogP contribution in [0.1, 0.15) is 36.3 Å². The van der Waals surface area contributed by atoms with Crippen LogP contribution in [0, 0.1) is 6.92 Å². The normalized spacial score (nSPS) is 19.3. The maximum Gasteiger partial charge on any atom is 0.247 e. The Hall–Kier alpha value is -2.41. The fraction of sp³-hybridized carbons (Fsp3) is 0.400. The van der Waals surface area contributed by atoms with Gasteiger partial charge < -0.3 is 4.74 Å². The number of hydrogen-bond acceptors (Lipinski definition) is 6. The molecule has 4 rings (SSSR count). The van der Waals surface area contributed by atoms with Crippen LogP contribution in [-0.2, 0) is 22.4 Å². The summed E-state index contributed by atoms with van der Waals surface area (Å²) in [5, 5.41) is 0.417. The smallest absolute Gasteiger partial charge is 0.247 e. The fourth-order valence-electron chi connectivity index (χ4n) is 3.61. The number of ether oxygens (including phenoxy) is 1. The Bertz CT molecular complexity index is 898. The zero-order chi connectivity index (χ0) is 19.0. The molecule has 0 spiro atoms. The number of rotatable bonds is 4. The van der Waals surface area contributed by atoms with E-state index in [9.17, 15) is 9.59 Å². The van der Waals surface area contributed by atoms with Gasteiger partial charge in [0.1, 0.15) is 16.6 Å². The molecule has 0 radical (unpaired) electrons. The van der Waals surface area contributed by atoms with Crippen LogP contribution in [0.3, 0.4) is 0 Å². The molecule has 1 aliphatic carbocycles. The van der Waals surface area contributed by atoms with Crippen LogP contribution in [0.25, 0.3) is 0 Å². The van der Waals surface area contributed by atoms with Gasteiger partial charge in [-0.15, -0.1) is 0 Å². The Labute approximate surface area is 162 Å². The summed E-state index contributed by atoms with van der Waals surface area (Å²) in [5.41, 5.74) is 2.83. The zero-order valence-electron chi connectivity index (χ0n) is 15.4. The van der Waals surface area contributed by atoms with Crippen LogP contribution in [0.2, 0.25) is 0 Å². The first-order chi connectivity index (χ1) is 13.1. The van der Waals surface area contributed by atoms with E-state index in [0.29, 0.717) is 11.4 Å². The first kappa shape index (κ1) is 18.0. The van der Waals surface area contributed by atoms with Crippen molar-refractivity contribution in [1.29, 1.82) is 0 Å². The molecule has 6 nitrogen and oxygen atoms in total. The van der Waals surface area contributed by atoms with Gasteiger partial charge >= 0.3 is 0 Å². The second-order valence-electron chi connectivity index (χ2n) is 6.78. The van der Waals surface area contributed by atoms with Crippen LogP contribution in [0.4, 0.5) is 5.69 Å². The summed E-state index contributed by atoms with van der Waals surface area (Å²) in [6, 6.07) is 6.97. The highest BCUT2D eigenvalue weighted by Crippen LogP contribution is 2.37. The molecule has 1 fully saturated rings. The number of imide groups is 1. The minimum Gasteiger partial charge on any atom is -0.497 e.